The average Bonchev–Trinajstić information content (AvgIpc) is 3.05. The SMILES string of the molecule is CCCc1sc(C(=O)NCc2ccn[nH]2)cc1CC. The molecule has 1 amide bonds. The van der Waals surface area contributed by atoms with E-state index in [1.165, 1.54) is 10.4 Å². The maximum atomic E-state index is 12.1. The predicted molar refractivity (Wildman–Crippen MR) is 77.4 cm³/mol. The maximum absolute atomic E-state index is 12.1. The molecule has 0 aliphatic carbocycles. The second-order valence-electron chi connectivity index (χ2n) is 4.43. The molecular formula is C14H19N3OS. The number of carbonyl (C=O) groups excluding carboxylic acids is 1. The fourth-order valence-corrected chi connectivity index (χ4v) is 3.23. The van der Waals surface area contributed by atoms with E-state index in [-0.39, 0.29) is 5.91 Å². The van der Waals surface area contributed by atoms with E-state index in [0.717, 1.165) is 29.8 Å². The molecule has 4 nitrogen and oxygen atoms in total. The summed E-state index contributed by atoms with van der Waals surface area (Å²) in [5.74, 6) is -0.00310. The Morgan fingerprint density at radius 1 is 1.47 bits per heavy atom. The van der Waals surface area contributed by atoms with Gasteiger partial charge in [0.2, 0.25) is 0 Å². The Kier molecular flexibility index (Phi) is 4.74. The van der Waals surface area contributed by atoms with E-state index in [1.54, 1.807) is 17.5 Å². The van der Waals surface area contributed by atoms with E-state index in [1.807, 2.05) is 12.1 Å². The first kappa shape index (κ1) is 13.8. The number of carbonyl (C=O) groups is 1. The van der Waals surface area contributed by atoms with E-state index in [9.17, 15) is 4.79 Å². The molecule has 5 heteroatoms. The Hall–Kier alpha value is -1.62. The van der Waals surface area contributed by atoms with Gasteiger partial charge in [0.05, 0.1) is 17.1 Å². The Morgan fingerprint density at radius 3 is 2.95 bits per heavy atom. The lowest BCUT2D eigenvalue weighted by molar-refractivity contribution is 0.0954. The largest absolute Gasteiger partial charge is 0.346 e. The number of aryl methyl sites for hydroxylation is 2. The summed E-state index contributed by atoms with van der Waals surface area (Å²) in [7, 11) is 0. The van der Waals surface area contributed by atoms with Crippen molar-refractivity contribution in [2.24, 2.45) is 0 Å². The zero-order chi connectivity index (χ0) is 13.7. The molecular weight excluding hydrogens is 258 g/mol. The van der Waals surface area contributed by atoms with Crippen molar-refractivity contribution in [3.63, 3.8) is 0 Å². The Bertz CT molecular complexity index is 531. The van der Waals surface area contributed by atoms with E-state index in [2.05, 4.69) is 29.4 Å². The lowest BCUT2D eigenvalue weighted by atomic mass is 10.1. The predicted octanol–water partition coefficient (Wildman–Crippen LogP) is 2.92. The summed E-state index contributed by atoms with van der Waals surface area (Å²) in [4.78, 5) is 14.2. The molecule has 19 heavy (non-hydrogen) atoms. The number of aromatic amines is 1. The Balaban J connectivity index is 2.02. The third-order valence-electron chi connectivity index (χ3n) is 2.98. The summed E-state index contributed by atoms with van der Waals surface area (Å²) >= 11 is 1.62. The second-order valence-corrected chi connectivity index (χ2v) is 5.56. The van der Waals surface area contributed by atoms with Crippen LogP contribution >= 0.6 is 11.3 Å². The molecule has 2 rings (SSSR count). The minimum absolute atomic E-state index is 0.00310. The topological polar surface area (TPSA) is 57.8 Å². The molecule has 0 saturated heterocycles. The maximum Gasteiger partial charge on any atom is 0.261 e. The number of hydrogen-bond donors (Lipinski definition) is 2. The molecule has 2 aromatic rings. The van der Waals surface area contributed by atoms with E-state index in [4.69, 9.17) is 0 Å². The van der Waals surface area contributed by atoms with Gasteiger partial charge in [-0.3, -0.25) is 9.89 Å². The molecule has 0 spiro atoms. The number of hydrogen-bond acceptors (Lipinski definition) is 3. The highest BCUT2D eigenvalue weighted by atomic mass is 32.1. The number of nitrogens with one attached hydrogen (secondary N) is 2. The molecule has 0 aliphatic heterocycles. The van der Waals surface area contributed by atoms with Crippen LogP contribution in [0.25, 0.3) is 0 Å². The normalized spacial score (nSPS) is 10.6. The fraction of sp³-hybridized carbons (Fsp3) is 0.429. The molecule has 0 fully saturated rings. The van der Waals surface area contributed by atoms with Crippen molar-refractivity contribution in [2.75, 3.05) is 0 Å². The van der Waals surface area contributed by atoms with Gasteiger partial charge in [-0.1, -0.05) is 20.3 Å². The summed E-state index contributed by atoms with van der Waals surface area (Å²) in [6, 6.07) is 3.88. The molecule has 0 bridgehead atoms. The highest BCUT2D eigenvalue weighted by Gasteiger charge is 2.13. The first-order valence-corrected chi connectivity index (χ1v) is 7.44. The van der Waals surface area contributed by atoms with E-state index < -0.39 is 0 Å². The zero-order valence-electron chi connectivity index (χ0n) is 11.3. The van der Waals surface area contributed by atoms with Gasteiger partial charge in [0.1, 0.15) is 0 Å². The van der Waals surface area contributed by atoms with Crippen LogP contribution in [-0.4, -0.2) is 16.1 Å². The van der Waals surface area contributed by atoms with Crippen LogP contribution in [-0.2, 0) is 19.4 Å². The minimum atomic E-state index is -0.00310. The smallest absolute Gasteiger partial charge is 0.261 e. The Morgan fingerprint density at radius 2 is 2.32 bits per heavy atom. The van der Waals surface area contributed by atoms with Crippen molar-refractivity contribution in [1.29, 1.82) is 0 Å². The first-order valence-electron chi connectivity index (χ1n) is 6.62. The van der Waals surface area contributed by atoms with E-state index in [0.29, 0.717) is 6.54 Å². The first-order chi connectivity index (χ1) is 9.24. The lowest BCUT2D eigenvalue weighted by Crippen LogP contribution is -2.21. The molecule has 102 valence electrons. The number of H-pyrrole nitrogens is 1. The van der Waals surface area contributed by atoms with Crippen LogP contribution in [0.5, 0.6) is 0 Å². The molecule has 2 aromatic heterocycles. The van der Waals surface area contributed by atoms with Gasteiger partial charge < -0.3 is 5.32 Å². The van der Waals surface area contributed by atoms with Crippen molar-refractivity contribution in [2.45, 2.75) is 39.7 Å². The molecule has 2 heterocycles. The molecule has 0 aromatic carbocycles. The summed E-state index contributed by atoms with van der Waals surface area (Å²) < 4.78 is 0. The van der Waals surface area contributed by atoms with Crippen molar-refractivity contribution in [3.05, 3.63) is 39.3 Å². The summed E-state index contributed by atoms with van der Waals surface area (Å²) in [5.41, 5.74) is 2.22. The number of amides is 1. The number of nitrogens with zero attached hydrogens (tertiary/aromatic N) is 1. The average molecular weight is 277 g/mol. The highest BCUT2D eigenvalue weighted by molar-refractivity contribution is 7.14. The number of thiophene rings is 1. The van der Waals surface area contributed by atoms with Crippen LogP contribution in [0.4, 0.5) is 0 Å². The van der Waals surface area contributed by atoms with Crippen molar-refractivity contribution < 1.29 is 4.79 Å². The van der Waals surface area contributed by atoms with Gasteiger partial charge in [0.25, 0.3) is 5.91 Å². The van der Waals surface area contributed by atoms with Crippen molar-refractivity contribution in [3.8, 4) is 0 Å². The molecule has 2 N–H and O–H groups in total. The van der Waals surface area contributed by atoms with Crippen LogP contribution in [0.15, 0.2) is 18.3 Å². The molecule has 0 saturated carbocycles. The van der Waals surface area contributed by atoms with Crippen molar-refractivity contribution >= 4 is 17.2 Å². The number of rotatable bonds is 6. The lowest BCUT2D eigenvalue weighted by Gasteiger charge is -2.00. The third kappa shape index (κ3) is 3.44. The molecule has 0 aliphatic rings. The van der Waals surface area contributed by atoms with Gasteiger partial charge in [-0.05, 0) is 30.5 Å². The minimum Gasteiger partial charge on any atom is -0.346 e. The third-order valence-corrected chi connectivity index (χ3v) is 4.21. The van der Waals surface area contributed by atoms with Gasteiger partial charge in [-0.25, -0.2) is 0 Å². The zero-order valence-corrected chi connectivity index (χ0v) is 12.1. The van der Waals surface area contributed by atoms with E-state index >= 15 is 0 Å². The second kappa shape index (κ2) is 6.52. The molecule has 0 unspecified atom stereocenters. The van der Waals surface area contributed by atoms with Gasteiger partial charge in [-0.2, -0.15) is 5.10 Å². The van der Waals surface area contributed by atoms with Crippen LogP contribution in [0, 0.1) is 0 Å². The molecule has 0 atom stereocenters. The molecule has 0 radical (unpaired) electrons. The summed E-state index contributed by atoms with van der Waals surface area (Å²) in [5, 5.41) is 9.59. The van der Waals surface area contributed by atoms with Crippen molar-refractivity contribution in [1.82, 2.24) is 15.5 Å². The van der Waals surface area contributed by atoms with Crippen LogP contribution in [0.2, 0.25) is 0 Å². The van der Waals surface area contributed by atoms with Gasteiger partial charge in [0.15, 0.2) is 0 Å². The summed E-state index contributed by atoms with van der Waals surface area (Å²) in [6.45, 7) is 4.78. The highest BCUT2D eigenvalue weighted by Crippen LogP contribution is 2.24. The van der Waals surface area contributed by atoms with Crippen LogP contribution < -0.4 is 5.32 Å². The fourth-order valence-electron chi connectivity index (χ4n) is 1.96. The standard InChI is InChI=1S/C14H19N3OS/c1-3-5-12-10(4-2)8-13(19-12)14(18)15-9-11-6-7-16-17-11/h6-8H,3-5,9H2,1-2H3,(H,15,18)(H,16,17). The van der Waals surface area contributed by atoms with Crippen LogP contribution in [0.1, 0.15) is 46.1 Å². The van der Waals surface area contributed by atoms with Gasteiger partial charge in [0, 0.05) is 11.1 Å². The quantitative estimate of drug-likeness (QED) is 0.853. The number of aromatic nitrogens is 2. The summed E-state index contributed by atoms with van der Waals surface area (Å²) in [6.07, 6.45) is 4.84. The monoisotopic (exact) mass is 277 g/mol. The van der Waals surface area contributed by atoms with Gasteiger partial charge >= 0.3 is 0 Å². The van der Waals surface area contributed by atoms with Gasteiger partial charge in [-0.15, -0.1) is 11.3 Å². The Labute approximate surface area is 117 Å². The van der Waals surface area contributed by atoms with Crippen LogP contribution in [0.3, 0.4) is 0 Å².